The monoisotopic (exact) mass is 370 g/mol. The minimum absolute atomic E-state index is 0.187. The van der Waals surface area contributed by atoms with E-state index >= 15 is 0 Å². The third-order valence-electron chi connectivity index (χ3n) is 4.14. The number of rotatable bonds is 6. The van der Waals surface area contributed by atoms with Crippen molar-refractivity contribution >= 4 is 28.2 Å². The number of anilines is 1. The smallest absolute Gasteiger partial charge is 0.265 e. The molecule has 4 aromatic rings. The van der Waals surface area contributed by atoms with Crippen LogP contribution in [0.5, 0.6) is 0 Å². The normalized spacial score (nSPS) is 11.4. The Morgan fingerprint density at radius 3 is 2.54 bits per heavy atom. The molecule has 0 aliphatic heterocycles. The molecule has 0 aliphatic rings. The highest BCUT2D eigenvalue weighted by Crippen LogP contribution is 2.17. The molecule has 0 aliphatic carbocycles. The highest BCUT2D eigenvalue weighted by atomic mass is 16.6. The van der Waals surface area contributed by atoms with Gasteiger partial charge in [-0.3, -0.25) is 9.78 Å². The number of pyridine rings is 1. The van der Waals surface area contributed by atoms with Crippen LogP contribution in [0.25, 0.3) is 10.9 Å². The van der Waals surface area contributed by atoms with Crippen LogP contribution in [0.3, 0.4) is 0 Å². The van der Waals surface area contributed by atoms with Gasteiger partial charge in [0.1, 0.15) is 5.71 Å². The third-order valence-corrected chi connectivity index (χ3v) is 4.14. The van der Waals surface area contributed by atoms with Crippen LogP contribution in [0.1, 0.15) is 11.3 Å². The molecule has 2 aromatic heterocycles. The lowest BCUT2D eigenvalue weighted by Gasteiger charge is -2.07. The van der Waals surface area contributed by atoms with Crippen molar-refractivity contribution in [3.63, 3.8) is 0 Å². The van der Waals surface area contributed by atoms with Gasteiger partial charge in [0.25, 0.3) is 5.91 Å². The summed E-state index contributed by atoms with van der Waals surface area (Å²) in [6, 6.07) is 22.8. The Morgan fingerprint density at radius 2 is 1.79 bits per heavy atom. The maximum Gasteiger partial charge on any atom is 0.265 e. The number of fused-ring (bicyclic) bond motifs is 1. The largest absolute Gasteiger partial charge is 0.385 e. The van der Waals surface area contributed by atoms with Gasteiger partial charge in [-0.2, -0.15) is 0 Å². The lowest BCUT2D eigenvalue weighted by atomic mass is 10.1. The summed E-state index contributed by atoms with van der Waals surface area (Å²) in [6.45, 7) is -0.187. The van der Waals surface area contributed by atoms with Crippen molar-refractivity contribution in [1.29, 1.82) is 0 Å². The van der Waals surface area contributed by atoms with Gasteiger partial charge in [-0.1, -0.05) is 53.7 Å². The molecule has 0 bridgehead atoms. The zero-order chi connectivity index (χ0) is 19.2. The Balaban J connectivity index is 1.54. The van der Waals surface area contributed by atoms with E-state index in [2.05, 4.69) is 20.4 Å². The molecule has 138 valence electrons. The van der Waals surface area contributed by atoms with Crippen molar-refractivity contribution in [3.05, 3.63) is 96.4 Å². The molecule has 0 unspecified atom stereocenters. The second-order valence-electron chi connectivity index (χ2n) is 6.14. The van der Waals surface area contributed by atoms with Gasteiger partial charge in [0.15, 0.2) is 6.61 Å². The first-order valence-electron chi connectivity index (χ1n) is 8.83. The number of nitrogens with zero attached hydrogens (tertiary/aromatic N) is 2. The maximum absolute atomic E-state index is 12.1. The maximum atomic E-state index is 12.1. The summed E-state index contributed by atoms with van der Waals surface area (Å²) < 4.78 is 0. The van der Waals surface area contributed by atoms with E-state index in [9.17, 15) is 4.79 Å². The van der Waals surface area contributed by atoms with E-state index in [1.807, 2.05) is 72.8 Å². The van der Waals surface area contributed by atoms with E-state index in [0.29, 0.717) is 11.4 Å². The number of H-pyrrole nitrogens is 1. The molecule has 2 aromatic carbocycles. The number of nitrogens with one attached hydrogen (secondary N) is 2. The topological polar surface area (TPSA) is 79.4 Å². The number of benzene rings is 2. The van der Waals surface area contributed by atoms with Gasteiger partial charge in [-0.15, -0.1) is 0 Å². The molecular weight excluding hydrogens is 352 g/mol. The van der Waals surface area contributed by atoms with Crippen molar-refractivity contribution < 1.29 is 9.63 Å². The molecule has 28 heavy (non-hydrogen) atoms. The molecule has 6 nitrogen and oxygen atoms in total. The van der Waals surface area contributed by atoms with Crippen molar-refractivity contribution in [1.82, 2.24) is 9.97 Å². The number of hydrogen-bond donors (Lipinski definition) is 2. The molecule has 1 amide bonds. The zero-order valence-electron chi connectivity index (χ0n) is 15.0. The van der Waals surface area contributed by atoms with E-state index in [-0.39, 0.29) is 12.5 Å². The minimum atomic E-state index is -0.275. The van der Waals surface area contributed by atoms with E-state index < -0.39 is 0 Å². The van der Waals surface area contributed by atoms with Crippen molar-refractivity contribution in [2.75, 3.05) is 11.9 Å². The van der Waals surface area contributed by atoms with Crippen LogP contribution in [0.2, 0.25) is 0 Å². The predicted octanol–water partition coefficient (Wildman–Crippen LogP) is 3.97. The molecule has 0 spiro atoms. The quantitative estimate of drug-likeness (QED) is 0.398. The third kappa shape index (κ3) is 4.07. The van der Waals surface area contributed by atoms with Crippen LogP contribution in [-0.2, 0) is 9.63 Å². The Bertz CT molecular complexity index is 1070. The van der Waals surface area contributed by atoms with Gasteiger partial charge in [0.2, 0.25) is 0 Å². The number of aromatic nitrogens is 2. The second-order valence-corrected chi connectivity index (χ2v) is 6.14. The van der Waals surface area contributed by atoms with Crippen molar-refractivity contribution in [2.24, 2.45) is 5.16 Å². The predicted molar refractivity (Wildman–Crippen MR) is 109 cm³/mol. The Morgan fingerprint density at radius 1 is 1.04 bits per heavy atom. The average molecular weight is 370 g/mol. The van der Waals surface area contributed by atoms with E-state index in [1.54, 1.807) is 12.4 Å². The van der Waals surface area contributed by atoms with Crippen LogP contribution in [0.4, 0.5) is 5.69 Å². The number of carbonyl (C=O) groups excluding carboxylic acids is 1. The number of aromatic amines is 1. The number of carbonyl (C=O) groups is 1. The number of hydrogen-bond acceptors (Lipinski definition) is 4. The molecule has 0 atom stereocenters. The number of para-hydroxylation sites is 1. The SMILES string of the molecule is O=C(CO/N=C(/c1ccccc1)c1cc2ccncc2[nH]1)Nc1ccccc1. The van der Waals surface area contributed by atoms with Gasteiger partial charge >= 0.3 is 0 Å². The van der Waals surface area contributed by atoms with Crippen molar-refractivity contribution in [2.45, 2.75) is 0 Å². The second kappa shape index (κ2) is 8.18. The fraction of sp³-hybridized carbons (Fsp3) is 0.0455. The average Bonchev–Trinajstić information content (AvgIpc) is 3.16. The minimum Gasteiger partial charge on any atom is -0.385 e. The zero-order valence-corrected chi connectivity index (χ0v) is 15.0. The summed E-state index contributed by atoms with van der Waals surface area (Å²) >= 11 is 0. The van der Waals surface area contributed by atoms with E-state index in [0.717, 1.165) is 22.2 Å². The van der Waals surface area contributed by atoms with Gasteiger partial charge in [-0.25, -0.2) is 0 Å². The first kappa shape index (κ1) is 17.5. The Labute approximate surface area is 161 Å². The molecule has 4 rings (SSSR count). The lowest BCUT2D eigenvalue weighted by Crippen LogP contribution is -2.17. The summed E-state index contributed by atoms with van der Waals surface area (Å²) in [4.78, 5) is 24.9. The summed E-state index contributed by atoms with van der Waals surface area (Å²) in [7, 11) is 0. The highest BCUT2D eigenvalue weighted by molar-refractivity contribution is 6.13. The molecule has 6 heteroatoms. The number of amides is 1. The summed E-state index contributed by atoms with van der Waals surface area (Å²) in [5, 5.41) is 8.04. The Hall–Kier alpha value is -3.93. The van der Waals surface area contributed by atoms with Gasteiger partial charge < -0.3 is 15.1 Å². The van der Waals surface area contributed by atoms with Crippen LogP contribution >= 0.6 is 0 Å². The summed E-state index contributed by atoms with van der Waals surface area (Å²) in [5.41, 5.74) is 3.90. The molecule has 2 N–H and O–H groups in total. The standard InChI is InChI=1S/C22H18N4O2/c27-21(24-18-9-5-2-6-10-18)15-28-26-22(16-7-3-1-4-8-16)19-13-17-11-12-23-14-20(17)25-19/h1-14,25H,15H2,(H,24,27)/b26-22-. The fourth-order valence-corrected chi connectivity index (χ4v) is 2.83. The molecule has 2 heterocycles. The first-order chi connectivity index (χ1) is 13.8. The number of oxime groups is 1. The van der Waals surface area contributed by atoms with E-state index in [1.165, 1.54) is 0 Å². The molecular formula is C22H18N4O2. The first-order valence-corrected chi connectivity index (χ1v) is 8.83. The molecule has 0 saturated carbocycles. The summed E-state index contributed by atoms with van der Waals surface area (Å²) in [5.74, 6) is -0.275. The molecule has 0 saturated heterocycles. The van der Waals surface area contributed by atoms with Crippen molar-refractivity contribution in [3.8, 4) is 0 Å². The van der Waals surface area contributed by atoms with Crippen LogP contribution in [-0.4, -0.2) is 28.2 Å². The van der Waals surface area contributed by atoms with E-state index in [4.69, 9.17) is 4.84 Å². The van der Waals surface area contributed by atoms with Gasteiger partial charge in [0, 0.05) is 22.8 Å². The summed E-state index contributed by atoms with van der Waals surface area (Å²) in [6.07, 6.45) is 3.50. The lowest BCUT2D eigenvalue weighted by molar-refractivity contribution is -0.120. The highest BCUT2D eigenvalue weighted by Gasteiger charge is 2.12. The van der Waals surface area contributed by atoms with Crippen LogP contribution < -0.4 is 5.32 Å². The van der Waals surface area contributed by atoms with Crippen LogP contribution in [0, 0.1) is 0 Å². The fourth-order valence-electron chi connectivity index (χ4n) is 2.83. The van der Waals surface area contributed by atoms with Gasteiger partial charge in [-0.05, 0) is 24.3 Å². The molecule has 0 radical (unpaired) electrons. The Kier molecular flexibility index (Phi) is 5.11. The van der Waals surface area contributed by atoms with Crippen LogP contribution in [0.15, 0.2) is 90.3 Å². The molecule has 0 fully saturated rings. The van der Waals surface area contributed by atoms with Gasteiger partial charge in [0.05, 0.1) is 17.4 Å².